The molecule has 13 nitrogen and oxygen atoms in total. The Hall–Kier alpha value is -5.46. The number of aromatic amines is 1. The summed E-state index contributed by atoms with van der Waals surface area (Å²) in [6.07, 6.45) is 3.05. The number of carboxylic acid groups (broad SMARTS) is 1. The SMILES string of the molecule is COC(=O)[C@H](CCC(=O)Nc1ccc(C(=O)O)cc1)NC(=O)c1ccc(CCc2c[nH]c3nc(N)nc(N)c23)cc1. The fourth-order valence-electron chi connectivity index (χ4n) is 4.27. The summed E-state index contributed by atoms with van der Waals surface area (Å²) in [5.74, 6) is -2.25. The van der Waals surface area contributed by atoms with Crippen LogP contribution < -0.4 is 22.1 Å². The van der Waals surface area contributed by atoms with Crippen LogP contribution in [0.3, 0.4) is 0 Å². The smallest absolute Gasteiger partial charge is 0.335 e. The molecule has 8 N–H and O–H groups in total. The minimum Gasteiger partial charge on any atom is -0.478 e. The van der Waals surface area contributed by atoms with Gasteiger partial charge in [-0.2, -0.15) is 9.97 Å². The predicted octanol–water partition coefficient (Wildman–Crippen LogP) is 2.30. The molecule has 0 saturated carbocycles. The Kier molecular flexibility index (Phi) is 8.77. The van der Waals surface area contributed by atoms with Gasteiger partial charge in [-0.3, -0.25) is 9.59 Å². The number of H-pyrrole nitrogens is 1. The van der Waals surface area contributed by atoms with Crippen molar-refractivity contribution in [3.05, 3.63) is 77.0 Å². The van der Waals surface area contributed by atoms with Crippen molar-refractivity contribution in [3.8, 4) is 0 Å². The van der Waals surface area contributed by atoms with Gasteiger partial charge in [-0.25, -0.2) is 9.59 Å². The highest BCUT2D eigenvalue weighted by molar-refractivity contribution is 5.97. The highest BCUT2D eigenvalue weighted by Gasteiger charge is 2.23. The third-order valence-corrected chi connectivity index (χ3v) is 6.42. The van der Waals surface area contributed by atoms with E-state index >= 15 is 0 Å². The van der Waals surface area contributed by atoms with Crippen LogP contribution in [0.25, 0.3) is 11.0 Å². The Morgan fingerprint density at radius 3 is 2.32 bits per heavy atom. The van der Waals surface area contributed by atoms with E-state index in [9.17, 15) is 19.2 Å². The number of amides is 2. The van der Waals surface area contributed by atoms with E-state index in [1.54, 1.807) is 12.1 Å². The number of rotatable bonds is 11. The zero-order valence-corrected chi connectivity index (χ0v) is 22.1. The highest BCUT2D eigenvalue weighted by Crippen LogP contribution is 2.24. The number of aromatic carboxylic acids is 1. The molecular weight excluding hydrogens is 530 g/mol. The molecule has 4 aromatic rings. The van der Waals surface area contributed by atoms with Crippen LogP contribution in [-0.4, -0.2) is 57.0 Å². The molecule has 41 heavy (non-hydrogen) atoms. The second-order valence-corrected chi connectivity index (χ2v) is 9.22. The van der Waals surface area contributed by atoms with Gasteiger partial charge >= 0.3 is 11.9 Å². The van der Waals surface area contributed by atoms with E-state index in [1.165, 1.54) is 31.4 Å². The number of aromatic nitrogens is 3. The lowest BCUT2D eigenvalue weighted by Crippen LogP contribution is -2.42. The van der Waals surface area contributed by atoms with Gasteiger partial charge in [-0.15, -0.1) is 0 Å². The van der Waals surface area contributed by atoms with E-state index in [4.69, 9.17) is 21.3 Å². The van der Waals surface area contributed by atoms with Crippen molar-refractivity contribution in [2.24, 2.45) is 0 Å². The molecular formula is C28H29N7O6. The first kappa shape index (κ1) is 28.5. The van der Waals surface area contributed by atoms with Crippen LogP contribution in [0.4, 0.5) is 17.5 Å². The summed E-state index contributed by atoms with van der Waals surface area (Å²) in [4.78, 5) is 59.7. The van der Waals surface area contributed by atoms with E-state index < -0.39 is 29.8 Å². The number of nitrogens with one attached hydrogen (secondary N) is 3. The Morgan fingerprint density at radius 2 is 1.66 bits per heavy atom. The number of ether oxygens (including phenoxy) is 1. The molecule has 13 heteroatoms. The number of anilines is 3. The van der Waals surface area contributed by atoms with Crippen LogP contribution in [0.2, 0.25) is 0 Å². The first-order valence-corrected chi connectivity index (χ1v) is 12.6. The molecule has 0 saturated heterocycles. The third-order valence-electron chi connectivity index (χ3n) is 6.42. The van der Waals surface area contributed by atoms with Crippen LogP contribution >= 0.6 is 0 Å². The maximum absolute atomic E-state index is 12.9. The highest BCUT2D eigenvalue weighted by atomic mass is 16.5. The summed E-state index contributed by atoms with van der Waals surface area (Å²) in [6.45, 7) is 0. The monoisotopic (exact) mass is 559 g/mol. The van der Waals surface area contributed by atoms with Crippen LogP contribution in [0.1, 0.15) is 44.7 Å². The summed E-state index contributed by atoms with van der Waals surface area (Å²) in [5, 5.41) is 15.0. The van der Waals surface area contributed by atoms with E-state index in [0.717, 1.165) is 16.5 Å². The second kappa shape index (κ2) is 12.6. The zero-order chi connectivity index (χ0) is 29.5. The number of hydrogen-bond donors (Lipinski definition) is 6. The summed E-state index contributed by atoms with van der Waals surface area (Å²) in [5.41, 5.74) is 15.0. The molecule has 0 fully saturated rings. The molecule has 2 aromatic heterocycles. The number of aryl methyl sites for hydroxylation is 2. The lowest BCUT2D eigenvalue weighted by molar-refractivity contribution is -0.143. The number of carbonyl (C=O) groups is 4. The fourth-order valence-corrected chi connectivity index (χ4v) is 4.27. The van der Waals surface area contributed by atoms with Crippen molar-refractivity contribution in [1.82, 2.24) is 20.3 Å². The maximum Gasteiger partial charge on any atom is 0.335 e. The molecule has 0 aliphatic carbocycles. The van der Waals surface area contributed by atoms with Crippen molar-refractivity contribution < 1.29 is 29.0 Å². The van der Waals surface area contributed by atoms with Crippen molar-refractivity contribution in [3.63, 3.8) is 0 Å². The Labute approximate surface area is 234 Å². The summed E-state index contributed by atoms with van der Waals surface area (Å²) in [6, 6.07) is 11.6. The van der Waals surface area contributed by atoms with Crippen molar-refractivity contribution in [2.45, 2.75) is 31.7 Å². The lowest BCUT2D eigenvalue weighted by Gasteiger charge is -2.16. The van der Waals surface area contributed by atoms with Crippen LogP contribution in [0.5, 0.6) is 0 Å². The third kappa shape index (κ3) is 7.15. The molecule has 0 radical (unpaired) electrons. The van der Waals surface area contributed by atoms with Crippen LogP contribution in [0, 0.1) is 0 Å². The number of carboxylic acids is 1. The Morgan fingerprint density at radius 1 is 0.976 bits per heavy atom. The summed E-state index contributed by atoms with van der Waals surface area (Å²) < 4.78 is 4.80. The van der Waals surface area contributed by atoms with Gasteiger partial charge in [0.05, 0.1) is 18.1 Å². The molecule has 2 amide bonds. The molecule has 0 aliphatic rings. The number of carbonyl (C=O) groups excluding carboxylic acids is 3. The average Bonchev–Trinajstić information content (AvgIpc) is 3.37. The number of esters is 1. The second-order valence-electron chi connectivity index (χ2n) is 9.22. The number of nitrogens with two attached hydrogens (primary N) is 2. The molecule has 0 bridgehead atoms. The van der Waals surface area contributed by atoms with E-state index in [1.807, 2.05) is 18.3 Å². The van der Waals surface area contributed by atoms with Gasteiger partial charge < -0.3 is 36.9 Å². The Balaban J connectivity index is 1.32. The minimum atomic E-state index is -1.08. The number of methoxy groups -OCH3 is 1. The lowest BCUT2D eigenvalue weighted by atomic mass is 10.0. The van der Waals surface area contributed by atoms with E-state index in [-0.39, 0.29) is 24.4 Å². The molecule has 2 heterocycles. The van der Waals surface area contributed by atoms with Gasteiger partial charge in [0, 0.05) is 23.9 Å². The topological polar surface area (TPSA) is 215 Å². The molecule has 0 aliphatic heterocycles. The number of hydrogen-bond acceptors (Lipinski definition) is 9. The normalized spacial score (nSPS) is 11.5. The van der Waals surface area contributed by atoms with Gasteiger partial charge in [0.1, 0.15) is 17.5 Å². The summed E-state index contributed by atoms with van der Waals surface area (Å²) in [7, 11) is 1.20. The predicted molar refractivity (Wildman–Crippen MR) is 151 cm³/mol. The van der Waals surface area contributed by atoms with E-state index in [0.29, 0.717) is 35.6 Å². The molecule has 1 atom stereocenters. The minimum absolute atomic E-state index is 0.00133. The Bertz CT molecular complexity index is 1580. The molecule has 0 unspecified atom stereocenters. The first-order valence-electron chi connectivity index (χ1n) is 12.6. The summed E-state index contributed by atoms with van der Waals surface area (Å²) >= 11 is 0. The van der Waals surface area contributed by atoms with E-state index in [2.05, 4.69) is 25.6 Å². The first-order chi connectivity index (χ1) is 19.6. The largest absolute Gasteiger partial charge is 0.478 e. The standard InChI is InChI=1S/C28H29N7O6/c1-41-27(40)20(12-13-21(36)32-19-10-8-17(9-11-19)26(38)39)33-25(37)16-5-2-15(3-6-16)4-7-18-14-31-24-22(18)23(29)34-28(30)35-24/h2-3,5-6,8-11,14,20H,4,7,12-13H2,1H3,(H,32,36)(H,33,37)(H,38,39)(H5,29,30,31,34,35)/t20-/m0/s1. The average molecular weight is 560 g/mol. The van der Waals surface area contributed by atoms with Gasteiger partial charge in [-0.1, -0.05) is 12.1 Å². The van der Waals surface area contributed by atoms with Crippen molar-refractivity contribution in [1.29, 1.82) is 0 Å². The molecule has 4 rings (SSSR count). The zero-order valence-electron chi connectivity index (χ0n) is 22.1. The van der Waals surface area contributed by atoms with Gasteiger partial charge in [0.15, 0.2) is 0 Å². The number of benzene rings is 2. The van der Waals surface area contributed by atoms with Gasteiger partial charge in [0.2, 0.25) is 11.9 Å². The quantitative estimate of drug-likeness (QED) is 0.147. The fraction of sp³-hybridized carbons (Fsp3) is 0.214. The van der Waals surface area contributed by atoms with Crippen molar-refractivity contribution in [2.75, 3.05) is 23.9 Å². The van der Waals surface area contributed by atoms with Crippen LogP contribution in [0.15, 0.2) is 54.7 Å². The maximum atomic E-state index is 12.9. The molecule has 212 valence electrons. The molecule has 0 spiro atoms. The van der Waals surface area contributed by atoms with Crippen molar-refractivity contribution >= 4 is 52.2 Å². The van der Waals surface area contributed by atoms with Gasteiger partial charge in [-0.05, 0) is 66.8 Å². The van der Waals surface area contributed by atoms with Gasteiger partial charge in [0.25, 0.3) is 5.91 Å². The number of nitrogen functional groups attached to an aromatic ring is 2. The number of nitrogens with zero attached hydrogens (tertiary/aromatic N) is 2. The number of fused-ring (bicyclic) bond motifs is 1. The molecule has 2 aromatic carbocycles. The van der Waals surface area contributed by atoms with Crippen LogP contribution in [-0.2, 0) is 27.2 Å².